The molecule has 0 atom stereocenters. The van der Waals surface area contributed by atoms with E-state index >= 15 is 0 Å². The van der Waals surface area contributed by atoms with Gasteiger partial charge in [0.15, 0.2) is 6.20 Å². The average Bonchev–Trinajstić information content (AvgIpc) is 2.78. The van der Waals surface area contributed by atoms with Crippen LogP contribution >= 0.6 is 0 Å². The molecule has 1 rings (SSSR count). The second kappa shape index (κ2) is 9.16. The molecular weight excluding hydrogens is 279 g/mol. The zero-order valence-electron chi connectivity index (χ0n) is 11.1. The summed E-state index contributed by atoms with van der Waals surface area (Å²) in [6.45, 7) is 5.63. The molecule has 20 heavy (non-hydrogen) atoms. The summed E-state index contributed by atoms with van der Waals surface area (Å²) in [5, 5.41) is 5.89. The molecule has 0 bridgehead atoms. The maximum absolute atomic E-state index is 11.0. The smallest absolute Gasteiger partial charge is 0.462 e. The van der Waals surface area contributed by atoms with E-state index in [4.69, 9.17) is 4.74 Å². The molecule has 0 aliphatic carbocycles. The van der Waals surface area contributed by atoms with E-state index < -0.39 is 7.25 Å². The highest BCUT2D eigenvalue weighted by atomic mass is 19.5. The van der Waals surface area contributed by atoms with Crippen LogP contribution in [0.2, 0.25) is 0 Å². The first-order chi connectivity index (χ1) is 9.20. The summed E-state index contributed by atoms with van der Waals surface area (Å²) >= 11 is 0. The number of carbonyl (C=O) groups is 1. The molecule has 9 heteroatoms. The Kier molecular flexibility index (Phi) is 8.34. The van der Waals surface area contributed by atoms with Crippen molar-refractivity contribution in [2.24, 2.45) is 0 Å². The van der Waals surface area contributed by atoms with Gasteiger partial charge >= 0.3 is 13.2 Å². The standard InChI is InChI=1S/C11H16N2O2.BF4/c1-9(2)11(14)15-8-4-3-5-10-6-7-12-13-10;2-1(3,4)5/h6-7H,1,3-5,8H2,2H3,(H,12,13);/q;-1/p+1. The van der Waals surface area contributed by atoms with Crippen molar-refractivity contribution in [2.75, 3.05) is 6.61 Å². The average molecular weight is 296 g/mol. The third-order valence-corrected chi connectivity index (χ3v) is 2.02. The van der Waals surface area contributed by atoms with Crippen LogP contribution in [0.1, 0.15) is 25.5 Å². The van der Waals surface area contributed by atoms with Crippen LogP contribution < -0.4 is 5.10 Å². The van der Waals surface area contributed by atoms with E-state index in [9.17, 15) is 22.1 Å². The van der Waals surface area contributed by atoms with Crippen LogP contribution in [-0.2, 0) is 16.0 Å². The first kappa shape index (κ1) is 18.2. The monoisotopic (exact) mass is 296 g/mol. The van der Waals surface area contributed by atoms with Crippen molar-refractivity contribution in [3.63, 3.8) is 0 Å². The number of hydrogen-bond donors (Lipinski definition) is 1. The minimum Gasteiger partial charge on any atom is -0.462 e. The van der Waals surface area contributed by atoms with Crippen molar-refractivity contribution in [2.45, 2.75) is 26.2 Å². The highest BCUT2D eigenvalue weighted by Crippen LogP contribution is 2.06. The fourth-order valence-electron chi connectivity index (χ4n) is 1.17. The highest BCUT2D eigenvalue weighted by Gasteiger charge is 2.20. The molecule has 0 unspecified atom stereocenters. The Morgan fingerprint density at radius 2 is 2.00 bits per heavy atom. The molecule has 0 fully saturated rings. The number of carbonyl (C=O) groups excluding carboxylic acids is 1. The molecule has 0 aliphatic heterocycles. The van der Waals surface area contributed by atoms with Gasteiger partial charge in [0.1, 0.15) is 0 Å². The molecule has 0 spiro atoms. The topological polar surface area (TPSA) is 56.2 Å². The van der Waals surface area contributed by atoms with Crippen LogP contribution in [0.3, 0.4) is 0 Å². The van der Waals surface area contributed by atoms with Gasteiger partial charge in [-0.2, -0.15) is 5.10 Å². The van der Waals surface area contributed by atoms with Crippen molar-refractivity contribution in [1.82, 2.24) is 5.10 Å². The second-order valence-electron chi connectivity index (χ2n) is 4.00. The molecule has 1 heterocycles. The largest absolute Gasteiger partial charge is 0.673 e. The minimum atomic E-state index is -6.00. The third-order valence-electron chi connectivity index (χ3n) is 2.02. The lowest BCUT2D eigenvalue weighted by molar-refractivity contribution is -0.449. The number of esters is 1. The maximum atomic E-state index is 11.0. The third kappa shape index (κ3) is 12.7. The molecule has 0 aliphatic rings. The van der Waals surface area contributed by atoms with Gasteiger partial charge in [0.05, 0.1) is 12.3 Å². The Labute approximate surface area is 114 Å². The molecule has 114 valence electrons. The highest BCUT2D eigenvalue weighted by molar-refractivity contribution is 6.50. The minimum absolute atomic E-state index is 0.303. The van der Waals surface area contributed by atoms with E-state index in [0.29, 0.717) is 12.2 Å². The van der Waals surface area contributed by atoms with Crippen LogP contribution in [0.4, 0.5) is 17.3 Å². The van der Waals surface area contributed by atoms with Crippen molar-refractivity contribution >= 4 is 13.2 Å². The summed E-state index contributed by atoms with van der Waals surface area (Å²) < 4.78 is 44.0. The SMILES string of the molecule is C=C(C)C(=O)OCCCCc1cc[nH+][nH]1.F[B-](F)(F)F. The van der Waals surface area contributed by atoms with Gasteiger partial charge in [0.2, 0.25) is 0 Å². The molecule has 0 radical (unpaired) electrons. The van der Waals surface area contributed by atoms with Gasteiger partial charge < -0.3 is 22.0 Å². The van der Waals surface area contributed by atoms with Gasteiger partial charge in [-0.1, -0.05) is 6.58 Å². The lowest BCUT2D eigenvalue weighted by atomic mass is 10.2. The van der Waals surface area contributed by atoms with Crippen LogP contribution in [0, 0.1) is 0 Å². The summed E-state index contributed by atoms with van der Waals surface area (Å²) in [7, 11) is -6.00. The Bertz CT molecular complexity index is 401. The van der Waals surface area contributed by atoms with Gasteiger partial charge in [-0.25, -0.2) is 4.79 Å². The number of ether oxygens (including phenoxy) is 1. The van der Waals surface area contributed by atoms with Gasteiger partial charge in [-0.05, 0) is 26.2 Å². The maximum Gasteiger partial charge on any atom is 0.673 e. The van der Waals surface area contributed by atoms with Crippen molar-refractivity contribution in [3.05, 3.63) is 30.1 Å². The summed E-state index contributed by atoms with van der Waals surface area (Å²) in [5.74, 6) is -0.303. The van der Waals surface area contributed by atoms with Crippen LogP contribution in [0.15, 0.2) is 24.4 Å². The van der Waals surface area contributed by atoms with E-state index in [1.165, 1.54) is 5.69 Å². The van der Waals surface area contributed by atoms with E-state index in [-0.39, 0.29) is 5.97 Å². The summed E-state index contributed by atoms with van der Waals surface area (Å²) in [6, 6.07) is 2.00. The van der Waals surface area contributed by atoms with Crippen LogP contribution in [0.25, 0.3) is 0 Å². The first-order valence-electron chi connectivity index (χ1n) is 5.94. The molecule has 2 N–H and O–H groups in total. The van der Waals surface area contributed by atoms with E-state index in [2.05, 4.69) is 16.8 Å². The fraction of sp³-hybridized carbons (Fsp3) is 0.455. The Balaban J connectivity index is 0.000000621. The Hall–Kier alpha value is -1.80. The fourth-order valence-corrected chi connectivity index (χ4v) is 1.17. The molecule has 0 saturated heterocycles. The normalized spacial score (nSPS) is 10.4. The quantitative estimate of drug-likeness (QED) is 0.288. The molecular formula is C11H17BF4N2O2. The number of hydrogen-bond acceptors (Lipinski definition) is 2. The molecule has 1 aromatic heterocycles. The molecule has 4 nitrogen and oxygen atoms in total. The number of nitrogens with one attached hydrogen (secondary N) is 2. The Morgan fingerprint density at radius 3 is 2.45 bits per heavy atom. The van der Waals surface area contributed by atoms with Crippen LogP contribution in [-0.4, -0.2) is 24.9 Å². The zero-order valence-corrected chi connectivity index (χ0v) is 11.1. The summed E-state index contributed by atoms with van der Waals surface area (Å²) in [4.78, 5) is 11.0. The number of H-pyrrole nitrogens is 2. The lowest BCUT2D eigenvalue weighted by Crippen LogP contribution is -2.06. The molecule has 0 amide bonds. The predicted molar refractivity (Wildman–Crippen MR) is 66.2 cm³/mol. The Morgan fingerprint density at radius 1 is 1.40 bits per heavy atom. The zero-order chi connectivity index (χ0) is 15.6. The first-order valence-corrected chi connectivity index (χ1v) is 5.94. The number of aryl methyl sites for hydroxylation is 1. The predicted octanol–water partition coefficient (Wildman–Crippen LogP) is 2.57. The van der Waals surface area contributed by atoms with Crippen molar-refractivity contribution in [3.8, 4) is 0 Å². The number of unbranched alkanes of at least 4 members (excludes halogenated alkanes) is 1. The van der Waals surface area contributed by atoms with Gasteiger partial charge in [0.25, 0.3) is 0 Å². The number of aromatic nitrogens is 2. The lowest BCUT2D eigenvalue weighted by Gasteiger charge is -2.02. The molecule has 0 aromatic carbocycles. The van der Waals surface area contributed by atoms with E-state index in [1.54, 1.807) is 6.92 Å². The van der Waals surface area contributed by atoms with Crippen molar-refractivity contribution < 1.29 is 31.9 Å². The van der Waals surface area contributed by atoms with Gasteiger partial charge in [-0.15, -0.1) is 5.10 Å². The number of halogens is 4. The summed E-state index contributed by atoms with van der Waals surface area (Å²) in [5.41, 5.74) is 1.62. The van der Waals surface area contributed by atoms with E-state index in [1.807, 2.05) is 12.3 Å². The molecule has 1 aromatic rings. The van der Waals surface area contributed by atoms with Crippen molar-refractivity contribution in [1.29, 1.82) is 0 Å². The number of aromatic amines is 2. The van der Waals surface area contributed by atoms with Crippen LogP contribution in [0.5, 0.6) is 0 Å². The van der Waals surface area contributed by atoms with Gasteiger partial charge in [-0.3, -0.25) is 0 Å². The summed E-state index contributed by atoms with van der Waals surface area (Å²) in [6.07, 6.45) is 4.69. The molecule has 0 saturated carbocycles. The number of rotatable bonds is 6. The second-order valence-corrected chi connectivity index (χ2v) is 4.00. The van der Waals surface area contributed by atoms with E-state index in [0.717, 1.165) is 19.3 Å². The van der Waals surface area contributed by atoms with Gasteiger partial charge in [0, 0.05) is 11.6 Å².